The minimum atomic E-state index is 0.0515. The van der Waals surface area contributed by atoms with Crippen LogP contribution in [0.25, 0.3) is 10.9 Å². The molecule has 4 rings (SSSR count). The van der Waals surface area contributed by atoms with Gasteiger partial charge in [-0.25, -0.2) is 4.84 Å². The van der Waals surface area contributed by atoms with E-state index in [4.69, 9.17) is 13.9 Å². The molecule has 0 radical (unpaired) electrons. The van der Waals surface area contributed by atoms with E-state index in [1.54, 1.807) is 6.07 Å². The Morgan fingerprint density at radius 1 is 1.23 bits per heavy atom. The molecule has 0 saturated heterocycles. The van der Waals surface area contributed by atoms with Crippen LogP contribution in [0.1, 0.15) is 11.5 Å². The van der Waals surface area contributed by atoms with Crippen LogP contribution in [0, 0.1) is 11.8 Å². The number of benzene rings is 1. The van der Waals surface area contributed by atoms with Crippen LogP contribution < -0.4 is 9.47 Å². The van der Waals surface area contributed by atoms with Gasteiger partial charge in [0.25, 0.3) is 4.92 Å². The summed E-state index contributed by atoms with van der Waals surface area (Å²) in [6, 6.07) is 8.67. The van der Waals surface area contributed by atoms with Crippen molar-refractivity contribution in [3.8, 4) is 11.5 Å². The number of aryl methyl sites for hydroxylation is 1. The third kappa shape index (κ3) is 2.94. The van der Waals surface area contributed by atoms with Crippen LogP contribution in [0.2, 0.25) is 0 Å². The first-order valence-electron chi connectivity index (χ1n) is 7.82. The molecule has 1 aliphatic heterocycles. The van der Waals surface area contributed by atoms with Crippen LogP contribution in [0.5, 0.6) is 11.5 Å². The fourth-order valence-electron chi connectivity index (χ4n) is 2.63. The number of pyridine rings is 1. The summed E-state index contributed by atoms with van der Waals surface area (Å²) in [4.78, 5) is 20.6. The SMILES string of the molecule is CO[N+](=O)c1ccc(CN=Nc2cc(C)nc3cc4c(cc23)OCO4)o1. The number of nitrogens with zero attached hydrogens (tertiary/aromatic N) is 4. The fraction of sp³-hybridized carbons (Fsp3) is 0.235. The van der Waals surface area contributed by atoms with E-state index in [9.17, 15) is 4.91 Å². The first kappa shape index (κ1) is 16.0. The Bertz CT molecular complexity index is 1030. The molecule has 0 unspecified atom stereocenters. The van der Waals surface area contributed by atoms with Crippen molar-refractivity contribution >= 4 is 22.5 Å². The predicted octanol–water partition coefficient (Wildman–Crippen LogP) is 4.12. The molecule has 9 heteroatoms. The molecule has 0 spiro atoms. The zero-order valence-electron chi connectivity index (χ0n) is 14.1. The Hall–Kier alpha value is -3.49. The van der Waals surface area contributed by atoms with Gasteiger partial charge in [0.05, 0.1) is 22.2 Å². The molecule has 2 aromatic heterocycles. The molecule has 0 aliphatic carbocycles. The second-order valence-electron chi connectivity index (χ2n) is 5.58. The molecule has 132 valence electrons. The van der Waals surface area contributed by atoms with Gasteiger partial charge in [-0.2, -0.15) is 10.2 Å². The summed E-state index contributed by atoms with van der Waals surface area (Å²) in [6.45, 7) is 2.26. The molecule has 0 amide bonds. The summed E-state index contributed by atoms with van der Waals surface area (Å²) in [7, 11) is 1.26. The molecule has 3 aromatic rings. The zero-order chi connectivity index (χ0) is 18.1. The van der Waals surface area contributed by atoms with Crippen LogP contribution in [-0.2, 0) is 11.4 Å². The lowest BCUT2D eigenvalue weighted by Gasteiger charge is -2.04. The minimum absolute atomic E-state index is 0.0515. The number of aromatic nitrogens is 1. The standard InChI is InChI=1S/C17H15N4O5/c1-10-5-14(12-6-15-16(25-9-24-15)7-13(12)19-10)20-18-8-11-3-4-17(26-11)21(22)23-2/h3-7H,8-9H2,1-2H3/q+1. The van der Waals surface area contributed by atoms with Crippen molar-refractivity contribution in [2.24, 2.45) is 10.2 Å². The lowest BCUT2D eigenvalue weighted by molar-refractivity contribution is -0.744. The molecule has 3 heterocycles. The highest BCUT2D eigenvalue weighted by atomic mass is 16.8. The summed E-state index contributed by atoms with van der Waals surface area (Å²) in [5.74, 6) is 1.87. The minimum Gasteiger partial charge on any atom is -0.454 e. The van der Waals surface area contributed by atoms with Crippen molar-refractivity contribution in [1.82, 2.24) is 4.98 Å². The average molecular weight is 355 g/mol. The van der Waals surface area contributed by atoms with Crippen molar-refractivity contribution in [2.45, 2.75) is 13.5 Å². The summed E-state index contributed by atoms with van der Waals surface area (Å²) >= 11 is 0. The Morgan fingerprint density at radius 2 is 2.04 bits per heavy atom. The number of ether oxygens (including phenoxy) is 2. The van der Waals surface area contributed by atoms with Crippen LogP contribution >= 0.6 is 0 Å². The number of hydrogen-bond donors (Lipinski definition) is 0. The van der Waals surface area contributed by atoms with E-state index in [1.807, 2.05) is 25.1 Å². The topological polar surface area (TPSA) is 98.5 Å². The highest BCUT2D eigenvalue weighted by molar-refractivity contribution is 5.92. The van der Waals surface area contributed by atoms with Gasteiger partial charge in [-0.15, -0.1) is 0 Å². The van der Waals surface area contributed by atoms with Crippen molar-refractivity contribution in [2.75, 3.05) is 13.9 Å². The highest BCUT2D eigenvalue weighted by Crippen LogP contribution is 2.39. The maximum Gasteiger partial charge on any atom is 0.480 e. The maximum absolute atomic E-state index is 11.3. The monoisotopic (exact) mass is 355 g/mol. The van der Waals surface area contributed by atoms with E-state index in [0.717, 1.165) is 16.6 Å². The fourth-order valence-corrected chi connectivity index (χ4v) is 2.63. The number of furan rings is 1. The van der Waals surface area contributed by atoms with Crippen LogP contribution in [-0.4, -0.2) is 23.8 Å². The van der Waals surface area contributed by atoms with E-state index < -0.39 is 0 Å². The molecule has 26 heavy (non-hydrogen) atoms. The smallest absolute Gasteiger partial charge is 0.454 e. The van der Waals surface area contributed by atoms with Gasteiger partial charge in [0, 0.05) is 17.1 Å². The summed E-state index contributed by atoms with van der Waals surface area (Å²) in [5, 5.41) is 9.27. The molecule has 0 fully saturated rings. The van der Waals surface area contributed by atoms with E-state index in [2.05, 4.69) is 20.1 Å². The van der Waals surface area contributed by atoms with Gasteiger partial charge in [-0.05, 0) is 25.1 Å². The molecule has 0 saturated carbocycles. The van der Waals surface area contributed by atoms with Gasteiger partial charge >= 0.3 is 5.88 Å². The van der Waals surface area contributed by atoms with Crippen LogP contribution in [0.15, 0.2) is 45.0 Å². The molecule has 0 bridgehead atoms. The predicted molar refractivity (Wildman–Crippen MR) is 89.8 cm³/mol. The highest BCUT2D eigenvalue weighted by Gasteiger charge is 2.20. The first-order valence-corrected chi connectivity index (χ1v) is 7.82. The maximum atomic E-state index is 11.3. The Morgan fingerprint density at radius 3 is 2.85 bits per heavy atom. The largest absolute Gasteiger partial charge is 0.480 e. The Labute approximate surface area is 147 Å². The molecule has 9 nitrogen and oxygen atoms in total. The van der Waals surface area contributed by atoms with Gasteiger partial charge in [0.15, 0.2) is 18.6 Å². The number of rotatable bonds is 5. The normalized spacial score (nSPS) is 12.8. The van der Waals surface area contributed by atoms with Crippen molar-refractivity contribution < 1.29 is 23.7 Å². The third-order valence-electron chi connectivity index (χ3n) is 3.81. The van der Waals surface area contributed by atoms with Gasteiger partial charge in [0.1, 0.15) is 12.3 Å². The lowest BCUT2D eigenvalue weighted by Crippen LogP contribution is -1.95. The van der Waals surface area contributed by atoms with Gasteiger partial charge in [-0.3, -0.25) is 4.98 Å². The zero-order valence-corrected chi connectivity index (χ0v) is 14.1. The molecular formula is C17H15N4O5+. The number of hydrogen-bond acceptors (Lipinski definition) is 8. The van der Waals surface area contributed by atoms with Crippen LogP contribution in [0.3, 0.4) is 0 Å². The van der Waals surface area contributed by atoms with Gasteiger partial charge in [-0.1, -0.05) is 0 Å². The molecular weight excluding hydrogens is 340 g/mol. The van der Waals surface area contributed by atoms with Gasteiger partial charge < -0.3 is 13.9 Å². The summed E-state index contributed by atoms with van der Waals surface area (Å²) < 4.78 is 16.1. The quantitative estimate of drug-likeness (QED) is 0.504. The van der Waals surface area contributed by atoms with E-state index >= 15 is 0 Å². The number of fused-ring (bicyclic) bond motifs is 2. The molecule has 0 atom stereocenters. The van der Waals surface area contributed by atoms with Crippen molar-refractivity contribution in [3.63, 3.8) is 0 Å². The second-order valence-corrected chi connectivity index (χ2v) is 5.58. The number of azo groups is 1. The second kappa shape index (κ2) is 6.43. The third-order valence-corrected chi connectivity index (χ3v) is 3.81. The van der Waals surface area contributed by atoms with Crippen molar-refractivity contribution in [3.05, 3.63) is 46.7 Å². The Balaban J connectivity index is 1.61. The van der Waals surface area contributed by atoms with E-state index in [0.29, 0.717) is 22.9 Å². The average Bonchev–Trinajstić information content (AvgIpc) is 3.28. The van der Waals surface area contributed by atoms with E-state index in [1.165, 1.54) is 13.2 Å². The summed E-state index contributed by atoms with van der Waals surface area (Å²) in [5.41, 5.74) is 2.23. The molecule has 0 N–H and O–H groups in total. The van der Waals surface area contributed by atoms with Gasteiger partial charge in [0.2, 0.25) is 6.79 Å². The molecule has 1 aromatic carbocycles. The lowest BCUT2D eigenvalue weighted by atomic mass is 10.1. The van der Waals surface area contributed by atoms with Crippen LogP contribution in [0.4, 0.5) is 11.6 Å². The van der Waals surface area contributed by atoms with Crippen molar-refractivity contribution in [1.29, 1.82) is 0 Å². The summed E-state index contributed by atoms with van der Waals surface area (Å²) in [6.07, 6.45) is 0. The van der Waals surface area contributed by atoms with E-state index in [-0.39, 0.29) is 24.1 Å². The Kier molecular flexibility index (Phi) is 3.96. The molecule has 1 aliphatic rings. The first-order chi connectivity index (χ1) is 12.6.